The zero-order valence-corrected chi connectivity index (χ0v) is 20.7. The number of halogens is 1. The van der Waals surface area contributed by atoms with Crippen LogP contribution in [-0.4, -0.2) is 50.4 Å². The van der Waals surface area contributed by atoms with Crippen molar-refractivity contribution >= 4 is 46.6 Å². The summed E-state index contributed by atoms with van der Waals surface area (Å²) in [4.78, 5) is 35.6. The molecule has 0 radical (unpaired) electrons. The lowest BCUT2D eigenvalue weighted by atomic mass is 10.1. The van der Waals surface area contributed by atoms with Crippen LogP contribution in [0.4, 0.5) is 5.69 Å². The summed E-state index contributed by atoms with van der Waals surface area (Å²) in [6, 6.07) is 14.2. The van der Waals surface area contributed by atoms with Crippen molar-refractivity contribution in [3.63, 3.8) is 0 Å². The first-order valence-electron chi connectivity index (χ1n) is 10.5. The number of aryl methyl sites for hydroxylation is 2. The number of carbonyl (C=O) groups excluding carboxylic acids is 2. The molecule has 0 saturated carbocycles. The molecule has 0 atom stereocenters. The van der Waals surface area contributed by atoms with E-state index >= 15 is 0 Å². The van der Waals surface area contributed by atoms with Crippen molar-refractivity contribution in [1.82, 2.24) is 24.5 Å². The number of hydrogen-bond donors (Lipinski definition) is 1. The van der Waals surface area contributed by atoms with E-state index in [1.165, 1.54) is 16.7 Å². The molecule has 34 heavy (non-hydrogen) atoms. The van der Waals surface area contributed by atoms with Gasteiger partial charge in [-0.25, -0.2) is 9.50 Å². The van der Waals surface area contributed by atoms with Crippen LogP contribution >= 0.6 is 23.4 Å². The van der Waals surface area contributed by atoms with Crippen LogP contribution in [0.5, 0.6) is 0 Å². The lowest BCUT2D eigenvalue weighted by Crippen LogP contribution is -2.22. The third kappa shape index (κ3) is 5.05. The molecule has 4 rings (SSSR count). The summed E-state index contributed by atoms with van der Waals surface area (Å²) in [5.74, 6) is 0.593. The standard InChI is InChI=1S/C24H23ClN6O2S/c1-14-11-15(2)31-23(26-14)28-24(29-31)34-13-16-7-5-6-8-18(16)21(32)27-17-9-10-19(20(25)12-17)22(33)30(3)4/h5-12H,13H2,1-4H3,(H,27,32). The lowest BCUT2D eigenvalue weighted by molar-refractivity contribution is 0.0827. The van der Waals surface area contributed by atoms with E-state index in [-0.39, 0.29) is 16.8 Å². The summed E-state index contributed by atoms with van der Waals surface area (Å²) < 4.78 is 1.71. The van der Waals surface area contributed by atoms with Crippen LogP contribution in [0.15, 0.2) is 53.7 Å². The minimum Gasteiger partial charge on any atom is -0.345 e. The van der Waals surface area contributed by atoms with E-state index in [0.29, 0.717) is 33.5 Å². The summed E-state index contributed by atoms with van der Waals surface area (Å²) in [6.45, 7) is 3.88. The predicted molar refractivity (Wildman–Crippen MR) is 134 cm³/mol. The Morgan fingerprint density at radius 1 is 1.06 bits per heavy atom. The van der Waals surface area contributed by atoms with Crippen molar-refractivity contribution in [3.05, 3.63) is 81.6 Å². The van der Waals surface area contributed by atoms with Crippen LogP contribution in [0.25, 0.3) is 5.78 Å². The Bertz CT molecular complexity index is 1400. The second-order valence-corrected chi connectivity index (χ2v) is 9.29. The third-order valence-electron chi connectivity index (χ3n) is 5.08. The number of thioether (sulfide) groups is 1. The number of nitrogens with zero attached hydrogens (tertiary/aromatic N) is 5. The van der Waals surface area contributed by atoms with Crippen LogP contribution in [0, 0.1) is 13.8 Å². The molecule has 2 amide bonds. The molecule has 2 aromatic heterocycles. The van der Waals surface area contributed by atoms with Gasteiger partial charge in [-0.15, -0.1) is 5.10 Å². The maximum atomic E-state index is 13.0. The highest BCUT2D eigenvalue weighted by Crippen LogP contribution is 2.25. The van der Waals surface area contributed by atoms with Gasteiger partial charge in [0.1, 0.15) is 0 Å². The first-order valence-corrected chi connectivity index (χ1v) is 11.8. The molecule has 0 spiro atoms. The number of benzene rings is 2. The van der Waals surface area contributed by atoms with Crippen molar-refractivity contribution in [3.8, 4) is 0 Å². The third-order valence-corrected chi connectivity index (χ3v) is 6.28. The molecule has 8 nitrogen and oxygen atoms in total. The summed E-state index contributed by atoms with van der Waals surface area (Å²) >= 11 is 7.71. The van der Waals surface area contributed by atoms with Crippen LogP contribution < -0.4 is 5.32 Å². The molecule has 0 unspecified atom stereocenters. The van der Waals surface area contributed by atoms with Crippen molar-refractivity contribution in [2.24, 2.45) is 0 Å². The van der Waals surface area contributed by atoms with E-state index < -0.39 is 0 Å². The fourth-order valence-electron chi connectivity index (χ4n) is 3.42. The van der Waals surface area contributed by atoms with Crippen molar-refractivity contribution in [2.75, 3.05) is 19.4 Å². The average Bonchev–Trinajstić information content (AvgIpc) is 3.20. The predicted octanol–water partition coefficient (Wildman–Crippen LogP) is 4.64. The quantitative estimate of drug-likeness (QED) is 0.392. The molecular weight excluding hydrogens is 472 g/mol. The Labute approximate surface area is 206 Å². The molecule has 174 valence electrons. The molecule has 4 aromatic rings. The highest BCUT2D eigenvalue weighted by molar-refractivity contribution is 7.98. The number of amides is 2. The minimum atomic E-state index is -0.268. The van der Waals surface area contributed by atoms with Gasteiger partial charge in [-0.3, -0.25) is 9.59 Å². The van der Waals surface area contributed by atoms with E-state index in [4.69, 9.17) is 11.6 Å². The van der Waals surface area contributed by atoms with Gasteiger partial charge in [0, 0.05) is 42.5 Å². The molecule has 0 aliphatic heterocycles. The van der Waals surface area contributed by atoms with Gasteiger partial charge in [-0.05, 0) is 49.7 Å². The van der Waals surface area contributed by atoms with Gasteiger partial charge in [0.15, 0.2) is 0 Å². The first kappa shape index (κ1) is 23.7. The highest BCUT2D eigenvalue weighted by Gasteiger charge is 2.16. The largest absolute Gasteiger partial charge is 0.345 e. The number of aromatic nitrogens is 4. The molecule has 10 heteroatoms. The molecule has 0 saturated heterocycles. The molecular formula is C24H23ClN6O2S. The number of fused-ring (bicyclic) bond motifs is 1. The van der Waals surface area contributed by atoms with Crippen LogP contribution in [0.2, 0.25) is 5.02 Å². The molecule has 0 aliphatic carbocycles. The van der Waals surface area contributed by atoms with Gasteiger partial charge in [0.2, 0.25) is 5.16 Å². The monoisotopic (exact) mass is 494 g/mol. The molecule has 0 bridgehead atoms. The van der Waals surface area contributed by atoms with E-state index in [0.717, 1.165) is 17.0 Å². The molecule has 0 fully saturated rings. The Morgan fingerprint density at radius 3 is 2.56 bits per heavy atom. The van der Waals surface area contributed by atoms with E-state index in [2.05, 4.69) is 20.4 Å². The highest BCUT2D eigenvalue weighted by atomic mass is 35.5. The van der Waals surface area contributed by atoms with Crippen molar-refractivity contribution in [1.29, 1.82) is 0 Å². The van der Waals surface area contributed by atoms with E-state index in [1.807, 2.05) is 38.1 Å². The molecule has 2 aromatic carbocycles. The number of anilines is 1. The van der Waals surface area contributed by atoms with Gasteiger partial charge >= 0.3 is 0 Å². The Hall–Kier alpha value is -3.43. The number of carbonyl (C=O) groups is 2. The van der Waals surface area contributed by atoms with Gasteiger partial charge in [0.05, 0.1) is 10.6 Å². The number of rotatable bonds is 6. The smallest absolute Gasteiger partial charge is 0.255 e. The first-order chi connectivity index (χ1) is 16.2. The zero-order valence-electron chi connectivity index (χ0n) is 19.2. The zero-order chi connectivity index (χ0) is 24.4. The summed E-state index contributed by atoms with van der Waals surface area (Å²) in [6.07, 6.45) is 0. The van der Waals surface area contributed by atoms with Gasteiger partial charge in [0.25, 0.3) is 17.6 Å². The molecule has 2 heterocycles. The fourth-order valence-corrected chi connectivity index (χ4v) is 4.51. The van der Waals surface area contributed by atoms with Crippen molar-refractivity contribution < 1.29 is 9.59 Å². The maximum Gasteiger partial charge on any atom is 0.255 e. The van der Waals surface area contributed by atoms with Crippen LogP contribution in [0.3, 0.4) is 0 Å². The summed E-state index contributed by atoms with van der Waals surface area (Å²) in [5, 5.41) is 8.24. The minimum absolute atomic E-state index is 0.202. The lowest BCUT2D eigenvalue weighted by Gasteiger charge is -2.13. The Kier molecular flexibility index (Phi) is 6.85. The Morgan fingerprint density at radius 2 is 1.82 bits per heavy atom. The number of nitrogens with one attached hydrogen (secondary N) is 1. The molecule has 0 aliphatic rings. The van der Waals surface area contributed by atoms with Gasteiger partial charge < -0.3 is 10.2 Å². The average molecular weight is 495 g/mol. The second-order valence-electron chi connectivity index (χ2n) is 7.94. The Balaban J connectivity index is 1.50. The maximum absolute atomic E-state index is 13.0. The van der Waals surface area contributed by atoms with Crippen LogP contribution in [-0.2, 0) is 5.75 Å². The number of hydrogen-bond acceptors (Lipinski definition) is 6. The SMILES string of the molecule is Cc1cc(C)n2nc(SCc3ccccc3C(=O)Nc3ccc(C(=O)N(C)C)c(Cl)c3)nc2n1. The summed E-state index contributed by atoms with van der Waals surface area (Å²) in [5.41, 5.74) is 4.10. The fraction of sp³-hybridized carbons (Fsp3) is 0.208. The van der Waals surface area contributed by atoms with Gasteiger partial charge in [-0.2, -0.15) is 4.98 Å². The van der Waals surface area contributed by atoms with E-state index in [9.17, 15) is 9.59 Å². The molecule has 1 N–H and O–H groups in total. The topological polar surface area (TPSA) is 92.5 Å². The summed E-state index contributed by atoms with van der Waals surface area (Å²) in [7, 11) is 3.31. The normalized spacial score (nSPS) is 11.0. The van der Waals surface area contributed by atoms with Gasteiger partial charge in [-0.1, -0.05) is 41.6 Å². The second kappa shape index (κ2) is 9.82. The van der Waals surface area contributed by atoms with Crippen LogP contribution in [0.1, 0.15) is 37.7 Å². The van der Waals surface area contributed by atoms with Crippen molar-refractivity contribution in [2.45, 2.75) is 24.8 Å². The van der Waals surface area contributed by atoms with E-state index in [1.54, 1.807) is 42.9 Å².